The summed E-state index contributed by atoms with van der Waals surface area (Å²) in [6.07, 6.45) is 0. The van der Waals surface area contributed by atoms with Gasteiger partial charge in [0.1, 0.15) is 4.21 Å². The van der Waals surface area contributed by atoms with Crippen LogP contribution in [0.15, 0.2) is 46.0 Å². The molecule has 3 N–H and O–H groups in total. The number of rotatable bonds is 5. The van der Waals surface area contributed by atoms with Crippen molar-refractivity contribution in [2.75, 3.05) is 4.72 Å². The first kappa shape index (κ1) is 14.5. The molecule has 106 valence electrons. The number of sulfonamides is 1. The molecule has 1 heterocycles. The van der Waals surface area contributed by atoms with E-state index in [2.05, 4.69) is 4.72 Å². The Bertz CT molecular complexity index is 692. The third-order valence-corrected chi connectivity index (χ3v) is 5.63. The number of thiophene rings is 1. The summed E-state index contributed by atoms with van der Waals surface area (Å²) in [6, 6.07) is 9.80. The lowest BCUT2D eigenvalue weighted by molar-refractivity contribution is -0.119. The van der Waals surface area contributed by atoms with Crippen LogP contribution in [0.25, 0.3) is 0 Å². The van der Waals surface area contributed by atoms with Crippen molar-refractivity contribution < 1.29 is 13.2 Å². The van der Waals surface area contributed by atoms with Crippen LogP contribution in [-0.4, -0.2) is 14.3 Å². The standard InChI is InChI=1S/C13H14N2O3S2/c1-9(13(14)16)10-4-6-11(7-5-10)15-20(17,18)12-3-2-8-19-12/h2-9,15H,1H3,(H2,14,16)/t9-/m1/s1. The Balaban J connectivity index is 2.18. The first-order valence-electron chi connectivity index (χ1n) is 5.86. The first-order valence-corrected chi connectivity index (χ1v) is 8.22. The predicted octanol–water partition coefficient (Wildman–Crippen LogP) is 2.14. The molecule has 0 unspecified atom stereocenters. The summed E-state index contributed by atoms with van der Waals surface area (Å²) < 4.78 is 26.8. The molecule has 20 heavy (non-hydrogen) atoms. The van der Waals surface area contributed by atoms with Crippen molar-refractivity contribution in [3.63, 3.8) is 0 Å². The Morgan fingerprint density at radius 1 is 1.25 bits per heavy atom. The SMILES string of the molecule is C[C@@H](C(N)=O)c1ccc(NS(=O)(=O)c2cccs2)cc1. The van der Waals surface area contributed by atoms with Gasteiger partial charge in [0.15, 0.2) is 0 Å². The van der Waals surface area contributed by atoms with Crippen LogP contribution in [0.1, 0.15) is 18.4 Å². The summed E-state index contributed by atoms with van der Waals surface area (Å²) in [5.41, 5.74) is 6.41. The highest BCUT2D eigenvalue weighted by atomic mass is 32.2. The zero-order chi connectivity index (χ0) is 14.8. The monoisotopic (exact) mass is 310 g/mol. The molecule has 5 nitrogen and oxygen atoms in total. The lowest BCUT2D eigenvalue weighted by Gasteiger charge is -2.10. The number of nitrogens with one attached hydrogen (secondary N) is 1. The minimum Gasteiger partial charge on any atom is -0.369 e. The second-order valence-corrected chi connectivity index (χ2v) is 7.14. The molecule has 0 saturated heterocycles. The fourth-order valence-corrected chi connectivity index (χ4v) is 3.68. The molecule has 0 saturated carbocycles. The molecule has 0 fully saturated rings. The first-order chi connectivity index (χ1) is 9.40. The third kappa shape index (κ3) is 3.17. The van der Waals surface area contributed by atoms with E-state index >= 15 is 0 Å². The highest BCUT2D eigenvalue weighted by Gasteiger charge is 2.16. The van der Waals surface area contributed by atoms with E-state index in [9.17, 15) is 13.2 Å². The maximum absolute atomic E-state index is 12.0. The predicted molar refractivity (Wildman–Crippen MR) is 79.2 cm³/mol. The van der Waals surface area contributed by atoms with Crippen molar-refractivity contribution >= 4 is 33.0 Å². The Hall–Kier alpha value is -1.86. The Kier molecular flexibility index (Phi) is 4.10. The second kappa shape index (κ2) is 5.64. The van der Waals surface area contributed by atoms with E-state index in [4.69, 9.17) is 5.73 Å². The van der Waals surface area contributed by atoms with Gasteiger partial charge in [-0.1, -0.05) is 18.2 Å². The number of hydrogen-bond acceptors (Lipinski definition) is 4. The molecule has 0 radical (unpaired) electrons. The van der Waals surface area contributed by atoms with Crippen LogP contribution in [0.5, 0.6) is 0 Å². The normalized spacial score (nSPS) is 12.8. The topological polar surface area (TPSA) is 89.3 Å². The molecule has 1 amide bonds. The van der Waals surface area contributed by atoms with E-state index in [1.807, 2.05) is 0 Å². The van der Waals surface area contributed by atoms with Gasteiger partial charge in [-0.15, -0.1) is 11.3 Å². The zero-order valence-electron chi connectivity index (χ0n) is 10.7. The maximum atomic E-state index is 12.0. The molecule has 2 rings (SSSR count). The van der Waals surface area contributed by atoms with Crippen LogP contribution >= 0.6 is 11.3 Å². The smallest absolute Gasteiger partial charge is 0.271 e. The van der Waals surface area contributed by atoms with Crippen molar-refractivity contribution in [1.82, 2.24) is 0 Å². The molecule has 0 aliphatic heterocycles. The van der Waals surface area contributed by atoms with Gasteiger partial charge >= 0.3 is 0 Å². The highest BCUT2D eigenvalue weighted by molar-refractivity contribution is 7.94. The lowest BCUT2D eigenvalue weighted by Crippen LogP contribution is -2.18. The van der Waals surface area contributed by atoms with Crippen molar-refractivity contribution in [1.29, 1.82) is 0 Å². The van der Waals surface area contributed by atoms with Gasteiger partial charge in [-0.3, -0.25) is 9.52 Å². The summed E-state index contributed by atoms with van der Waals surface area (Å²) in [5.74, 6) is -0.824. The fourth-order valence-electron chi connectivity index (χ4n) is 1.63. The maximum Gasteiger partial charge on any atom is 0.271 e. The quantitative estimate of drug-likeness (QED) is 0.886. The van der Waals surface area contributed by atoms with Crippen molar-refractivity contribution in [2.24, 2.45) is 5.73 Å². The van der Waals surface area contributed by atoms with Gasteiger partial charge < -0.3 is 5.73 Å². The molecule has 0 aliphatic rings. The summed E-state index contributed by atoms with van der Waals surface area (Å²) in [6.45, 7) is 1.70. The minimum atomic E-state index is -3.54. The van der Waals surface area contributed by atoms with Crippen LogP contribution in [0.3, 0.4) is 0 Å². The number of benzene rings is 1. The average molecular weight is 310 g/mol. The van der Waals surface area contributed by atoms with E-state index < -0.39 is 21.8 Å². The molecule has 1 atom stereocenters. The van der Waals surface area contributed by atoms with Crippen molar-refractivity contribution in [3.8, 4) is 0 Å². The average Bonchev–Trinajstić information content (AvgIpc) is 2.93. The number of carbonyl (C=O) groups excluding carboxylic acids is 1. The van der Waals surface area contributed by atoms with Crippen LogP contribution in [-0.2, 0) is 14.8 Å². The van der Waals surface area contributed by atoms with E-state index in [-0.39, 0.29) is 4.21 Å². The van der Waals surface area contributed by atoms with Gasteiger partial charge in [-0.25, -0.2) is 8.42 Å². The molecule has 0 bridgehead atoms. The molecular weight excluding hydrogens is 296 g/mol. The van der Waals surface area contributed by atoms with Crippen LogP contribution in [0.4, 0.5) is 5.69 Å². The third-order valence-electron chi connectivity index (χ3n) is 2.85. The fraction of sp³-hybridized carbons (Fsp3) is 0.154. The van der Waals surface area contributed by atoms with Gasteiger partial charge in [0.25, 0.3) is 10.0 Å². The number of nitrogens with two attached hydrogens (primary N) is 1. The largest absolute Gasteiger partial charge is 0.369 e. The number of anilines is 1. The van der Waals surface area contributed by atoms with Gasteiger partial charge in [0.2, 0.25) is 5.91 Å². The number of hydrogen-bond donors (Lipinski definition) is 2. The number of amides is 1. The van der Waals surface area contributed by atoms with E-state index in [1.54, 1.807) is 42.6 Å². The van der Waals surface area contributed by atoms with Crippen LogP contribution < -0.4 is 10.5 Å². The number of primary amides is 1. The molecule has 0 aliphatic carbocycles. The molecule has 1 aromatic carbocycles. The molecule has 7 heteroatoms. The van der Waals surface area contributed by atoms with Crippen LogP contribution in [0, 0.1) is 0 Å². The van der Waals surface area contributed by atoms with Gasteiger partial charge in [-0.2, -0.15) is 0 Å². The summed E-state index contributed by atoms with van der Waals surface area (Å²) in [7, 11) is -3.54. The van der Waals surface area contributed by atoms with E-state index in [0.717, 1.165) is 16.9 Å². The highest BCUT2D eigenvalue weighted by Crippen LogP contribution is 2.22. The van der Waals surface area contributed by atoms with Crippen molar-refractivity contribution in [2.45, 2.75) is 17.1 Å². The van der Waals surface area contributed by atoms with E-state index in [1.165, 1.54) is 6.07 Å². The molecule has 2 aromatic rings. The van der Waals surface area contributed by atoms with Crippen LogP contribution in [0.2, 0.25) is 0 Å². The Labute approximate surface area is 121 Å². The van der Waals surface area contributed by atoms with Gasteiger partial charge in [0.05, 0.1) is 5.92 Å². The lowest BCUT2D eigenvalue weighted by atomic mass is 10.0. The summed E-state index contributed by atoms with van der Waals surface area (Å²) in [4.78, 5) is 11.1. The Morgan fingerprint density at radius 2 is 1.90 bits per heavy atom. The number of carbonyl (C=O) groups is 1. The Morgan fingerprint density at radius 3 is 2.40 bits per heavy atom. The molecule has 1 aromatic heterocycles. The van der Waals surface area contributed by atoms with E-state index in [0.29, 0.717) is 5.69 Å². The van der Waals surface area contributed by atoms with Gasteiger partial charge in [0, 0.05) is 5.69 Å². The molecule has 0 spiro atoms. The summed E-state index contributed by atoms with van der Waals surface area (Å²) >= 11 is 1.15. The molecular formula is C13H14N2O3S2. The van der Waals surface area contributed by atoms with Crippen molar-refractivity contribution in [3.05, 3.63) is 47.3 Å². The zero-order valence-corrected chi connectivity index (χ0v) is 12.4. The second-order valence-electron chi connectivity index (χ2n) is 4.28. The van der Waals surface area contributed by atoms with Gasteiger partial charge in [-0.05, 0) is 36.1 Å². The minimum absolute atomic E-state index is 0.257. The summed E-state index contributed by atoms with van der Waals surface area (Å²) in [5, 5.41) is 1.70.